The first-order valence-corrected chi connectivity index (χ1v) is 4.99. The number of rotatable bonds is 2. The minimum absolute atomic E-state index is 0.376. The van der Waals surface area contributed by atoms with Gasteiger partial charge in [0, 0.05) is 23.4 Å². The number of aryl methyl sites for hydroxylation is 1. The van der Waals surface area contributed by atoms with E-state index in [2.05, 4.69) is 19.7 Å². The van der Waals surface area contributed by atoms with E-state index < -0.39 is 0 Å². The van der Waals surface area contributed by atoms with E-state index >= 15 is 0 Å². The van der Waals surface area contributed by atoms with E-state index in [9.17, 15) is 0 Å². The van der Waals surface area contributed by atoms with E-state index in [-0.39, 0.29) is 0 Å². The van der Waals surface area contributed by atoms with Crippen LogP contribution in [0.5, 0.6) is 0 Å². The van der Waals surface area contributed by atoms with Gasteiger partial charge in [0.15, 0.2) is 0 Å². The summed E-state index contributed by atoms with van der Waals surface area (Å²) in [7, 11) is 0. The molecule has 0 saturated heterocycles. The van der Waals surface area contributed by atoms with Gasteiger partial charge in [-0.3, -0.25) is 0 Å². The molecule has 0 radical (unpaired) electrons. The maximum atomic E-state index is 8.67. The molecule has 2 rings (SSSR count). The molecule has 0 spiro atoms. The first-order chi connectivity index (χ1) is 7.28. The molecule has 0 aliphatic rings. The number of nitriles is 1. The second-order valence-electron chi connectivity index (χ2n) is 2.81. The fourth-order valence-electron chi connectivity index (χ4n) is 1.04. The number of aromatic nitrogens is 3. The summed E-state index contributed by atoms with van der Waals surface area (Å²) >= 11 is 1.28. The van der Waals surface area contributed by atoms with Crippen molar-refractivity contribution in [3.63, 3.8) is 0 Å². The van der Waals surface area contributed by atoms with E-state index in [0.717, 1.165) is 11.5 Å². The summed E-state index contributed by atoms with van der Waals surface area (Å²) in [6.45, 7) is 1.83. The van der Waals surface area contributed by atoms with Crippen molar-refractivity contribution in [2.75, 3.05) is 5.32 Å². The number of hydrogen-bond acceptors (Lipinski definition) is 6. The van der Waals surface area contributed by atoms with Crippen molar-refractivity contribution >= 4 is 22.4 Å². The lowest BCUT2D eigenvalue weighted by Gasteiger charge is -2.00. The molecule has 2 aromatic rings. The second kappa shape index (κ2) is 4.02. The van der Waals surface area contributed by atoms with Gasteiger partial charge >= 0.3 is 0 Å². The third kappa shape index (κ3) is 2.27. The smallest absolute Gasteiger partial charge is 0.207 e. The minimum atomic E-state index is 0.376. The van der Waals surface area contributed by atoms with Crippen molar-refractivity contribution in [1.29, 1.82) is 5.26 Å². The first-order valence-electron chi connectivity index (χ1n) is 4.21. The van der Waals surface area contributed by atoms with Crippen LogP contribution in [0, 0.1) is 18.3 Å². The van der Waals surface area contributed by atoms with Gasteiger partial charge in [-0.2, -0.15) is 9.64 Å². The van der Waals surface area contributed by atoms with Crippen molar-refractivity contribution in [3.8, 4) is 6.07 Å². The third-order valence-electron chi connectivity index (χ3n) is 1.65. The monoisotopic (exact) mass is 217 g/mol. The Morgan fingerprint density at radius 2 is 2.40 bits per heavy atom. The quantitative estimate of drug-likeness (QED) is 0.831. The SMILES string of the molecule is Cc1nsc(Nc2ccnc(C#N)c2)n1. The maximum Gasteiger partial charge on any atom is 0.207 e. The molecule has 1 N–H and O–H groups in total. The Kier molecular flexibility index (Phi) is 2.56. The summed E-state index contributed by atoms with van der Waals surface area (Å²) in [6, 6.07) is 5.41. The van der Waals surface area contributed by atoms with Gasteiger partial charge in [-0.15, -0.1) is 0 Å². The Balaban J connectivity index is 2.21. The Hall–Kier alpha value is -2.00. The first kappa shape index (κ1) is 9.55. The van der Waals surface area contributed by atoms with Crippen LogP contribution < -0.4 is 5.32 Å². The van der Waals surface area contributed by atoms with Crippen LogP contribution in [0.3, 0.4) is 0 Å². The van der Waals surface area contributed by atoms with Gasteiger partial charge in [-0.1, -0.05) is 0 Å². The molecule has 2 heterocycles. The second-order valence-corrected chi connectivity index (χ2v) is 3.57. The molecule has 0 aliphatic heterocycles. The lowest BCUT2D eigenvalue weighted by atomic mass is 10.3. The standard InChI is InChI=1S/C9H7N5S/c1-6-12-9(15-14-6)13-7-2-3-11-8(4-7)5-10/h2-4H,1H3,(H,11,12,13,14). The zero-order valence-corrected chi connectivity index (χ0v) is 8.75. The van der Waals surface area contributed by atoms with E-state index in [0.29, 0.717) is 10.8 Å². The zero-order chi connectivity index (χ0) is 10.7. The molecule has 0 saturated carbocycles. The molecule has 0 bridgehead atoms. The average Bonchev–Trinajstić information content (AvgIpc) is 2.64. The van der Waals surface area contributed by atoms with Crippen molar-refractivity contribution in [2.45, 2.75) is 6.92 Å². The zero-order valence-electron chi connectivity index (χ0n) is 7.93. The molecule has 0 amide bonds. The summed E-state index contributed by atoms with van der Waals surface area (Å²) in [4.78, 5) is 8.03. The fourth-order valence-corrected chi connectivity index (χ4v) is 1.64. The van der Waals surface area contributed by atoms with E-state index in [4.69, 9.17) is 5.26 Å². The molecule has 6 heteroatoms. The maximum absolute atomic E-state index is 8.67. The van der Waals surface area contributed by atoms with Crippen molar-refractivity contribution in [1.82, 2.24) is 14.3 Å². The number of anilines is 2. The Morgan fingerprint density at radius 3 is 3.07 bits per heavy atom. The molecule has 74 valence electrons. The van der Waals surface area contributed by atoms with Gasteiger partial charge in [0.05, 0.1) is 0 Å². The molecule has 15 heavy (non-hydrogen) atoms. The largest absolute Gasteiger partial charge is 0.330 e. The van der Waals surface area contributed by atoms with E-state index in [1.807, 2.05) is 13.0 Å². The topological polar surface area (TPSA) is 74.5 Å². The Morgan fingerprint density at radius 1 is 1.53 bits per heavy atom. The molecule has 0 atom stereocenters. The highest BCUT2D eigenvalue weighted by Crippen LogP contribution is 2.17. The number of pyridine rings is 1. The summed E-state index contributed by atoms with van der Waals surface area (Å²) in [5.41, 5.74) is 1.17. The fraction of sp³-hybridized carbons (Fsp3) is 0.111. The van der Waals surface area contributed by atoms with Gasteiger partial charge in [0.1, 0.15) is 17.6 Å². The predicted molar refractivity (Wildman–Crippen MR) is 56.9 cm³/mol. The summed E-state index contributed by atoms with van der Waals surface area (Å²) in [5, 5.41) is 12.4. The van der Waals surface area contributed by atoms with Crippen LogP contribution in [0.2, 0.25) is 0 Å². The lowest BCUT2D eigenvalue weighted by Crippen LogP contribution is -1.91. The van der Waals surface area contributed by atoms with Crippen LogP contribution in [0.4, 0.5) is 10.8 Å². The van der Waals surface area contributed by atoms with Crippen LogP contribution in [0.15, 0.2) is 18.3 Å². The number of nitrogens with one attached hydrogen (secondary N) is 1. The molecule has 2 aromatic heterocycles. The average molecular weight is 217 g/mol. The summed E-state index contributed by atoms with van der Waals surface area (Å²) in [6.07, 6.45) is 1.58. The minimum Gasteiger partial charge on any atom is -0.330 e. The van der Waals surface area contributed by atoms with Crippen LogP contribution in [-0.2, 0) is 0 Å². The Labute approximate surface area is 90.6 Å². The van der Waals surface area contributed by atoms with Crippen LogP contribution >= 0.6 is 11.5 Å². The lowest BCUT2D eigenvalue weighted by molar-refractivity contribution is 1.16. The highest BCUT2D eigenvalue weighted by Gasteiger charge is 2.01. The molecular weight excluding hydrogens is 210 g/mol. The van der Waals surface area contributed by atoms with Gasteiger partial charge < -0.3 is 5.32 Å². The van der Waals surface area contributed by atoms with Crippen LogP contribution in [-0.4, -0.2) is 14.3 Å². The van der Waals surface area contributed by atoms with Crippen molar-refractivity contribution < 1.29 is 0 Å². The highest BCUT2D eigenvalue weighted by atomic mass is 32.1. The van der Waals surface area contributed by atoms with Crippen LogP contribution in [0.25, 0.3) is 0 Å². The molecule has 5 nitrogen and oxygen atoms in total. The molecular formula is C9H7N5S. The van der Waals surface area contributed by atoms with E-state index in [1.54, 1.807) is 18.3 Å². The summed E-state index contributed by atoms with van der Waals surface area (Å²) in [5.74, 6) is 0.733. The van der Waals surface area contributed by atoms with Crippen molar-refractivity contribution in [3.05, 3.63) is 29.8 Å². The molecule has 0 unspecified atom stereocenters. The van der Waals surface area contributed by atoms with Gasteiger partial charge in [0.2, 0.25) is 5.13 Å². The van der Waals surface area contributed by atoms with E-state index in [1.165, 1.54) is 11.5 Å². The number of hydrogen-bond donors (Lipinski definition) is 1. The molecule has 0 fully saturated rings. The summed E-state index contributed by atoms with van der Waals surface area (Å²) < 4.78 is 4.04. The van der Waals surface area contributed by atoms with Gasteiger partial charge in [-0.05, 0) is 19.1 Å². The number of nitrogens with zero attached hydrogens (tertiary/aromatic N) is 4. The van der Waals surface area contributed by atoms with Gasteiger partial charge in [-0.25, -0.2) is 9.97 Å². The predicted octanol–water partition coefficient (Wildman–Crippen LogP) is 1.86. The third-order valence-corrected chi connectivity index (χ3v) is 2.38. The van der Waals surface area contributed by atoms with Crippen LogP contribution in [0.1, 0.15) is 11.5 Å². The van der Waals surface area contributed by atoms with Gasteiger partial charge in [0.25, 0.3) is 0 Å². The normalized spacial score (nSPS) is 9.60. The van der Waals surface area contributed by atoms with Crippen molar-refractivity contribution in [2.24, 2.45) is 0 Å². The Bertz CT molecular complexity index is 513. The highest BCUT2D eigenvalue weighted by molar-refractivity contribution is 7.09. The molecule has 0 aromatic carbocycles. The molecule has 0 aliphatic carbocycles.